The highest BCUT2D eigenvalue weighted by Gasteiger charge is 2.17. The summed E-state index contributed by atoms with van der Waals surface area (Å²) in [6.07, 6.45) is 9.55. The van der Waals surface area contributed by atoms with Crippen molar-refractivity contribution in [3.05, 3.63) is 77.4 Å². The standard InChI is InChI=1S/C24H26N6O/c1-17-11-21(31-2)14-20(26-17)15-22-27-19(16-24(28-22)29-7-3-4-8-29)12-18-5-9-30-10-6-25-23(30)13-18/h5-6,9-11,13-14,16H,3-4,7-8,12,15H2,1-2H3. The Bertz CT molecular complexity index is 1210. The van der Waals surface area contributed by atoms with Crippen LogP contribution in [0.3, 0.4) is 0 Å². The smallest absolute Gasteiger partial charge is 0.136 e. The van der Waals surface area contributed by atoms with Gasteiger partial charge in [-0.3, -0.25) is 4.98 Å². The zero-order valence-corrected chi connectivity index (χ0v) is 18.0. The summed E-state index contributed by atoms with van der Waals surface area (Å²) < 4.78 is 7.43. The van der Waals surface area contributed by atoms with E-state index < -0.39 is 0 Å². The molecule has 0 radical (unpaired) electrons. The Kier molecular flexibility index (Phi) is 5.24. The maximum absolute atomic E-state index is 5.41. The molecule has 0 unspecified atom stereocenters. The molecule has 31 heavy (non-hydrogen) atoms. The quantitative estimate of drug-likeness (QED) is 0.480. The second-order valence-electron chi connectivity index (χ2n) is 8.05. The fourth-order valence-corrected chi connectivity index (χ4v) is 4.16. The Morgan fingerprint density at radius 1 is 0.935 bits per heavy atom. The van der Waals surface area contributed by atoms with Gasteiger partial charge in [0.1, 0.15) is 23.0 Å². The van der Waals surface area contributed by atoms with E-state index in [0.717, 1.165) is 59.6 Å². The number of imidazole rings is 1. The first-order chi connectivity index (χ1) is 15.2. The van der Waals surface area contributed by atoms with E-state index >= 15 is 0 Å². The van der Waals surface area contributed by atoms with Crippen molar-refractivity contribution in [2.75, 3.05) is 25.1 Å². The third kappa shape index (κ3) is 4.35. The first kappa shape index (κ1) is 19.5. The zero-order chi connectivity index (χ0) is 21.2. The van der Waals surface area contributed by atoms with E-state index in [2.05, 4.69) is 33.1 Å². The number of rotatable bonds is 6. The lowest BCUT2D eigenvalue weighted by Gasteiger charge is -2.18. The van der Waals surface area contributed by atoms with Crippen molar-refractivity contribution in [2.24, 2.45) is 0 Å². The van der Waals surface area contributed by atoms with Crippen LogP contribution in [0.25, 0.3) is 5.65 Å². The van der Waals surface area contributed by atoms with Gasteiger partial charge in [-0.2, -0.15) is 0 Å². The van der Waals surface area contributed by atoms with E-state index in [4.69, 9.17) is 14.7 Å². The maximum Gasteiger partial charge on any atom is 0.136 e. The van der Waals surface area contributed by atoms with Crippen LogP contribution in [0.1, 0.15) is 41.3 Å². The Morgan fingerprint density at radius 2 is 1.77 bits per heavy atom. The number of hydrogen-bond donors (Lipinski definition) is 0. The molecule has 0 spiro atoms. The SMILES string of the molecule is COc1cc(C)nc(Cc2nc(Cc3ccn4ccnc4c3)cc(N3CCCC3)n2)c1. The maximum atomic E-state index is 5.41. The summed E-state index contributed by atoms with van der Waals surface area (Å²) in [5.74, 6) is 2.62. The highest BCUT2D eigenvalue weighted by molar-refractivity contribution is 5.45. The van der Waals surface area contributed by atoms with Gasteiger partial charge in [-0.05, 0) is 37.5 Å². The Balaban J connectivity index is 1.48. The minimum Gasteiger partial charge on any atom is -0.497 e. The molecule has 7 heteroatoms. The molecule has 1 fully saturated rings. The van der Waals surface area contributed by atoms with Gasteiger partial charge in [-0.1, -0.05) is 0 Å². The average Bonchev–Trinajstić information content (AvgIpc) is 3.45. The van der Waals surface area contributed by atoms with E-state index in [1.165, 1.54) is 18.4 Å². The number of aryl methyl sites for hydroxylation is 1. The molecule has 158 valence electrons. The van der Waals surface area contributed by atoms with Gasteiger partial charge in [-0.15, -0.1) is 0 Å². The van der Waals surface area contributed by atoms with E-state index in [1.54, 1.807) is 7.11 Å². The summed E-state index contributed by atoms with van der Waals surface area (Å²) in [7, 11) is 1.68. The van der Waals surface area contributed by atoms with Crippen molar-refractivity contribution >= 4 is 11.5 Å². The fourth-order valence-electron chi connectivity index (χ4n) is 4.16. The van der Waals surface area contributed by atoms with Crippen LogP contribution in [0.5, 0.6) is 5.75 Å². The number of ether oxygens (including phenoxy) is 1. The van der Waals surface area contributed by atoms with E-state index in [1.807, 2.05) is 42.0 Å². The van der Waals surface area contributed by atoms with Crippen molar-refractivity contribution in [3.8, 4) is 5.75 Å². The lowest BCUT2D eigenvalue weighted by molar-refractivity contribution is 0.413. The van der Waals surface area contributed by atoms with E-state index in [0.29, 0.717) is 6.42 Å². The summed E-state index contributed by atoms with van der Waals surface area (Å²) in [5.41, 5.74) is 4.99. The Labute approximate surface area is 181 Å². The highest BCUT2D eigenvalue weighted by Crippen LogP contribution is 2.22. The molecule has 0 aromatic carbocycles. The molecule has 4 aromatic rings. The summed E-state index contributed by atoms with van der Waals surface area (Å²) in [6, 6.07) is 10.3. The van der Waals surface area contributed by atoms with Gasteiger partial charge in [0.05, 0.1) is 24.9 Å². The normalized spacial score (nSPS) is 13.8. The third-order valence-corrected chi connectivity index (χ3v) is 5.64. The monoisotopic (exact) mass is 414 g/mol. The van der Waals surface area contributed by atoms with Crippen molar-refractivity contribution < 1.29 is 4.74 Å². The van der Waals surface area contributed by atoms with Crippen molar-refractivity contribution in [1.29, 1.82) is 0 Å². The third-order valence-electron chi connectivity index (χ3n) is 5.64. The van der Waals surface area contributed by atoms with Gasteiger partial charge < -0.3 is 14.0 Å². The molecule has 0 saturated carbocycles. The van der Waals surface area contributed by atoms with E-state index in [-0.39, 0.29) is 0 Å². The number of methoxy groups -OCH3 is 1. The van der Waals surface area contributed by atoms with E-state index in [9.17, 15) is 0 Å². The molecule has 0 bridgehead atoms. The highest BCUT2D eigenvalue weighted by atomic mass is 16.5. The first-order valence-electron chi connectivity index (χ1n) is 10.7. The molecular weight excluding hydrogens is 388 g/mol. The lowest BCUT2D eigenvalue weighted by atomic mass is 10.1. The zero-order valence-electron chi connectivity index (χ0n) is 18.0. The largest absolute Gasteiger partial charge is 0.497 e. The molecule has 1 aliphatic heterocycles. The van der Waals surface area contributed by atoms with Gasteiger partial charge in [0.15, 0.2) is 0 Å². The first-order valence-corrected chi connectivity index (χ1v) is 10.7. The van der Waals surface area contributed by atoms with Crippen LogP contribution in [0.15, 0.2) is 48.9 Å². The molecule has 5 heterocycles. The van der Waals surface area contributed by atoms with Crippen LogP contribution in [0.2, 0.25) is 0 Å². The van der Waals surface area contributed by atoms with Crippen LogP contribution in [0, 0.1) is 6.92 Å². The molecular formula is C24H26N6O. The summed E-state index contributed by atoms with van der Waals surface area (Å²) in [4.78, 5) is 21.2. The molecule has 7 nitrogen and oxygen atoms in total. The molecule has 0 amide bonds. The Hall–Kier alpha value is -3.48. The number of hydrogen-bond acceptors (Lipinski definition) is 6. The van der Waals surface area contributed by atoms with Gasteiger partial charge in [0.25, 0.3) is 0 Å². The number of anilines is 1. The van der Waals surface area contributed by atoms with Gasteiger partial charge in [-0.25, -0.2) is 15.0 Å². The van der Waals surface area contributed by atoms with Crippen LogP contribution < -0.4 is 9.64 Å². The second-order valence-corrected chi connectivity index (χ2v) is 8.05. The molecule has 0 aliphatic carbocycles. The predicted molar refractivity (Wildman–Crippen MR) is 120 cm³/mol. The van der Waals surface area contributed by atoms with Crippen molar-refractivity contribution in [3.63, 3.8) is 0 Å². The van der Waals surface area contributed by atoms with Crippen LogP contribution in [-0.4, -0.2) is 44.5 Å². The average molecular weight is 415 g/mol. The Morgan fingerprint density at radius 3 is 2.61 bits per heavy atom. The lowest BCUT2D eigenvalue weighted by Crippen LogP contribution is -2.20. The minimum absolute atomic E-state index is 0.575. The molecule has 1 aliphatic rings. The second kappa shape index (κ2) is 8.34. The van der Waals surface area contributed by atoms with Crippen molar-refractivity contribution in [2.45, 2.75) is 32.6 Å². The molecule has 0 atom stereocenters. The van der Waals surface area contributed by atoms with Crippen LogP contribution in [-0.2, 0) is 12.8 Å². The van der Waals surface area contributed by atoms with Crippen LogP contribution in [0.4, 0.5) is 5.82 Å². The molecule has 4 aromatic heterocycles. The number of fused-ring (bicyclic) bond motifs is 1. The predicted octanol–water partition coefficient (Wildman–Crippen LogP) is 3.62. The number of pyridine rings is 2. The van der Waals surface area contributed by atoms with Gasteiger partial charge in [0.2, 0.25) is 0 Å². The van der Waals surface area contributed by atoms with Crippen LogP contribution >= 0.6 is 0 Å². The van der Waals surface area contributed by atoms with Gasteiger partial charge >= 0.3 is 0 Å². The summed E-state index contributed by atoms with van der Waals surface area (Å²) >= 11 is 0. The minimum atomic E-state index is 0.575. The molecule has 5 rings (SSSR count). The molecule has 1 saturated heterocycles. The number of aromatic nitrogens is 5. The number of nitrogens with zero attached hydrogens (tertiary/aromatic N) is 6. The van der Waals surface area contributed by atoms with Gasteiger partial charge in [0, 0.05) is 62.0 Å². The fraction of sp³-hybridized carbons (Fsp3) is 0.333. The summed E-state index contributed by atoms with van der Waals surface area (Å²) in [6.45, 7) is 4.07. The molecule has 0 N–H and O–H groups in total. The topological polar surface area (TPSA) is 68.4 Å². The van der Waals surface area contributed by atoms with Crippen molar-refractivity contribution in [1.82, 2.24) is 24.3 Å². The summed E-state index contributed by atoms with van der Waals surface area (Å²) in [5, 5.41) is 0.